The average Bonchev–Trinajstić information content (AvgIpc) is 3.45. The maximum atomic E-state index is 12.9. The number of methoxy groups -OCH3 is 1. The van der Waals surface area contributed by atoms with Gasteiger partial charge in [0, 0.05) is 18.8 Å². The molecule has 0 bridgehead atoms. The normalized spacial score (nSPS) is 18.6. The van der Waals surface area contributed by atoms with Crippen molar-refractivity contribution in [2.24, 2.45) is 11.8 Å². The molecule has 8 heteroatoms. The number of benzene rings is 1. The Morgan fingerprint density at radius 2 is 2.03 bits per heavy atom. The van der Waals surface area contributed by atoms with Gasteiger partial charge in [-0.2, -0.15) is 5.10 Å². The number of H-pyrrole nitrogens is 1. The highest BCUT2D eigenvalue weighted by molar-refractivity contribution is 6.29. The number of nitrogens with zero attached hydrogens (tertiary/aromatic N) is 3. The lowest BCUT2D eigenvalue weighted by Crippen LogP contribution is -2.26. The van der Waals surface area contributed by atoms with Gasteiger partial charge in [0.2, 0.25) is 0 Å². The molecule has 7 nitrogen and oxygen atoms in total. The lowest BCUT2D eigenvalue weighted by atomic mass is 9.92. The molecule has 1 aliphatic rings. The Morgan fingerprint density at radius 1 is 1.26 bits per heavy atom. The largest absolute Gasteiger partial charge is 0.493 e. The van der Waals surface area contributed by atoms with E-state index in [1.807, 2.05) is 37.3 Å². The van der Waals surface area contributed by atoms with Crippen molar-refractivity contribution in [2.45, 2.75) is 45.3 Å². The van der Waals surface area contributed by atoms with Gasteiger partial charge in [-0.25, -0.2) is 4.98 Å². The summed E-state index contributed by atoms with van der Waals surface area (Å²) in [5.41, 5.74) is 4.23. The Kier molecular flexibility index (Phi) is 7.54. The first-order valence-corrected chi connectivity index (χ1v) is 11.9. The molecule has 3 atom stereocenters. The number of carbonyl (C=O) groups is 1. The lowest BCUT2D eigenvalue weighted by molar-refractivity contribution is 0.0782. The molecule has 4 rings (SSSR count). The van der Waals surface area contributed by atoms with Gasteiger partial charge < -0.3 is 14.7 Å². The van der Waals surface area contributed by atoms with Crippen LogP contribution in [0.5, 0.6) is 5.75 Å². The molecule has 1 fully saturated rings. The third-order valence-electron chi connectivity index (χ3n) is 6.74. The number of halogens is 1. The van der Waals surface area contributed by atoms with Crippen LogP contribution in [0.4, 0.5) is 0 Å². The Morgan fingerprint density at radius 3 is 2.71 bits per heavy atom. The van der Waals surface area contributed by atoms with Gasteiger partial charge in [-0.05, 0) is 73.8 Å². The highest BCUT2D eigenvalue weighted by atomic mass is 35.5. The van der Waals surface area contributed by atoms with E-state index < -0.39 is 6.10 Å². The highest BCUT2D eigenvalue weighted by Crippen LogP contribution is 2.40. The summed E-state index contributed by atoms with van der Waals surface area (Å²) in [6.07, 6.45) is 5.13. The van der Waals surface area contributed by atoms with E-state index in [1.165, 1.54) is 5.56 Å². The van der Waals surface area contributed by atoms with Crippen molar-refractivity contribution in [3.05, 3.63) is 75.8 Å². The zero-order valence-electron chi connectivity index (χ0n) is 19.8. The summed E-state index contributed by atoms with van der Waals surface area (Å²) in [5, 5.41) is 18.3. The summed E-state index contributed by atoms with van der Waals surface area (Å²) < 4.78 is 5.38. The van der Waals surface area contributed by atoms with Crippen LogP contribution in [-0.4, -0.2) is 45.3 Å². The number of aryl methyl sites for hydroxylation is 1. The molecule has 0 spiro atoms. The topological polar surface area (TPSA) is 91.3 Å². The Labute approximate surface area is 205 Å². The van der Waals surface area contributed by atoms with E-state index >= 15 is 0 Å². The van der Waals surface area contributed by atoms with Crippen LogP contribution in [0.3, 0.4) is 0 Å². The van der Waals surface area contributed by atoms with Crippen LogP contribution in [0.25, 0.3) is 0 Å². The van der Waals surface area contributed by atoms with Crippen LogP contribution in [0, 0.1) is 18.8 Å². The fraction of sp³-hybridized carbons (Fsp3) is 0.423. The van der Waals surface area contributed by atoms with Crippen molar-refractivity contribution >= 4 is 17.5 Å². The first-order valence-electron chi connectivity index (χ1n) is 11.6. The first-order chi connectivity index (χ1) is 16.4. The quantitative estimate of drug-likeness (QED) is 0.452. The van der Waals surface area contributed by atoms with E-state index in [-0.39, 0.29) is 11.8 Å². The van der Waals surface area contributed by atoms with Crippen LogP contribution >= 0.6 is 11.6 Å². The smallest absolute Gasteiger partial charge is 0.253 e. The van der Waals surface area contributed by atoms with E-state index in [2.05, 4.69) is 15.2 Å². The maximum absolute atomic E-state index is 12.9. The number of hydrogen-bond donors (Lipinski definition) is 2. The van der Waals surface area contributed by atoms with Gasteiger partial charge in [0.05, 0.1) is 25.5 Å². The van der Waals surface area contributed by atoms with Gasteiger partial charge in [0.1, 0.15) is 10.8 Å². The summed E-state index contributed by atoms with van der Waals surface area (Å²) >= 11 is 5.86. The van der Waals surface area contributed by atoms with Crippen molar-refractivity contribution in [3.8, 4) is 5.75 Å². The van der Waals surface area contributed by atoms with Crippen LogP contribution in [0.15, 0.2) is 42.6 Å². The molecule has 0 saturated heterocycles. The van der Waals surface area contributed by atoms with E-state index in [1.54, 1.807) is 31.3 Å². The summed E-state index contributed by atoms with van der Waals surface area (Å²) in [4.78, 5) is 18.6. The van der Waals surface area contributed by atoms with Crippen molar-refractivity contribution in [2.75, 3.05) is 14.2 Å². The number of nitrogens with one attached hydrogen (secondary N) is 1. The van der Waals surface area contributed by atoms with Crippen LogP contribution in [0.1, 0.15) is 58.2 Å². The van der Waals surface area contributed by atoms with E-state index in [0.29, 0.717) is 34.6 Å². The monoisotopic (exact) mass is 482 g/mol. The van der Waals surface area contributed by atoms with Gasteiger partial charge in [0.25, 0.3) is 5.91 Å². The molecule has 180 valence electrons. The summed E-state index contributed by atoms with van der Waals surface area (Å²) in [7, 11) is 3.37. The second-order valence-corrected chi connectivity index (χ2v) is 9.58. The van der Waals surface area contributed by atoms with Crippen LogP contribution < -0.4 is 4.74 Å². The molecule has 0 unspecified atom stereocenters. The summed E-state index contributed by atoms with van der Waals surface area (Å²) in [6.45, 7) is 2.25. The fourth-order valence-corrected chi connectivity index (χ4v) is 5.01. The molecule has 2 N–H and O–H groups in total. The SMILES string of the molecule is COc1c(CN(C)C(=O)c2ccc(C[C@@H]3CC[C@H]([C@H](O)c4ccc(Cl)nc4)C3)cc2)n[nH]c1C. The molecular weight excluding hydrogens is 452 g/mol. The zero-order chi connectivity index (χ0) is 24.2. The van der Waals surface area contributed by atoms with E-state index in [4.69, 9.17) is 16.3 Å². The summed E-state index contributed by atoms with van der Waals surface area (Å²) in [6, 6.07) is 11.4. The second-order valence-electron chi connectivity index (χ2n) is 9.19. The van der Waals surface area contributed by atoms with Crippen molar-refractivity contribution in [1.29, 1.82) is 0 Å². The van der Waals surface area contributed by atoms with Gasteiger partial charge in [0.15, 0.2) is 5.75 Å². The van der Waals surface area contributed by atoms with Crippen molar-refractivity contribution < 1.29 is 14.6 Å². The van der Waals surface area contributed by atoms with E-state index in [9.17, 15) is 9.90 Å². The molecular formula is C26H31ClN4O3. The molecule has 1 amide bonds. The predicted molar refractivity (Wildman–Crippen MR) is 131 cm³/mol. The van der Waals surface area contributed by atoms with Gasteiger partial charge >= 0.3 is 0 Å². The van der Waals surface area contributed by atoms with Crippen molar-refractivity contribution in [1.82, 2.24) is 20.1 Å². The van der Waals surface area contributed by atoms with Gasteiger partial charge in [-0.15, -0.1) is 0 Å². The number of aliphatic hydroxyl groups excluding tert-OH is 1. The number of amides is 1. The Balaban J connectivity index is 1.32. The number of pyridine rings is 1. The molecule has 2 heterocycles. The number of hydrogen-bond acceptors (Lipinski definition) is 5. The fourth-order valence-electron chi connectivity index (χ4n) is 4.90. The zero-order valence-corrected chi connectivity index (χ0v) is 20.5. The third kappa shape index (κ3) is 5.42. The maximum Gasteiger partial charge on any atom is 0.253 e. The Bertz CT molecular complexity index is 1110. The molecule has 0 aliphatic heterocycles. The number of rotatable bonds is 8. The molecule has 3 aromatic rings. The van der Waals surface area contributed by atoms with Crippen molar-refractivity contribution in [3.63, 3.8) is 0 Å². The lowest BCUT2D eigenvalue weighted by Gasteiger charge is -2.19. The van der Waals surface area contributed by atoms with Gasteiger partial charge in [-0.1, -0.05) is 29.8 Å². The molecule has 0 radical (unpaired) electrons. The number of aromatic nitrogens is 3. The predicted octanol–water partition coefficient (Wildman–Crippen LogP) is 4.74. The minimum atomic E-state index is -0.512. The number of carbonyl (C=O) groups excluding carboxylic acids is 1. The van der Waals surface area contributed by atoms with Gasteiger partial charge in [-0.3, -0.25) is 9.89 Å². The second kappa shape index (κ2) is 10.6. The Hall–Kier alpha value is -2.90. The van der Waals surface area contributed by atoms with Crippen LogP contribution in [0.2, 0.25) is 5.15 Å². The molecule has 1 saturated carbocycles. The molecule has 34 heavy (non-hydrogen) atoms. The molecule has 1 aliphatic carbocycles. The number of aromatic amines is 1. The minimum absolute atomic E-state index is 0.0603. The molecule has 2 aromatic heterocycles. The number of aliphatic hydroxyl groups is 1. The standard InChI is InChI=1S/C26H31ClN4O3/c1-16-25(34-3)22(30-29-16)15-31(2)26(33)19-7-4-17(5-8-19)12-18-6-9-20(13-18)24(32)21-10-11-23(27)28-14-21/h4-5,7-8,10-11,14,18,20,24,32H,6,9,12-13,15H2,1-3H3,(H,29,30)/t18-,20-,24-/m0/s1. The molecule has 1 aromatic carbocycles. The minimum Gasteiger partial charge on any atom is -0.493 e. The first kappa shape index (κ1) is 24.2. The average molecular weight is 483 g/mol. The number of ether oxygens (including phenoxy) is 1. The summed E-state index contributed by atoms with van der Waals surface area (Å²) in [5.74, 6) is 1.36. The third-order valence-corrected chi connectivity index (χ3v) is 6.97. The van der Waals surface area contributed by atoms with E-state index in [0.717, 1.165) is 36.9 Å². The van der Waals surface area contributed by atoms with Crippen LogP contribution in [-0.2, 0) is 13.0 Å². The highest BCUT2D eigenvalue weighted by Gasteiger charge is 2.31.